The zero-order valence-electron chi connectivity index (χ0n) is 10.2. The normalized spacial score (nSPS) is 18.8. The van der Waals surface area contributed by atoms with E-state index in [0.717, 1.165) is 0 Å². The second kappa shape index (κ2) is 5.34. The molecule has 0 radical (unpaired) electrons. The van der Waals surface area contributed by atoms with E-state index in [4.69, 9.17) is 0 Å². The van der Waals surface area contributed by atoms with Crippen LogP contribution in [0.1, 0.15) is 10.4 Å². The number of hydrogen-bond acceptors (Lipinski definition) is 5. The van der Waals surface area contributed by atoms with E-state index >= 15 is 0 Å². The summed E-state index contributed by atoms with van der Waals surface area (Å²) in [4.78, 5) is 27.3. The number of carbonyl (C=O) groups is 2. The van der Waals surface area contributed by atoms with E-state index < -0.39 is 0 Å². The van der Waals surface area contributed by atoms with Crippen molar-refractivity contribution in [2.45, 2.75) is 6.04 Å². The fourth-order valence-corrected chi connectivity index (χ4v) is 2.87. The summed E-state index contributed by atoms with van der Waals surface area (Å²) in [5, 5.41) is 7.32. The van der Waals surface area contributed by atoms with Gasteiger partial charge in [0.1, 0.15) is 6.04 Å². The van der Waals surface area contributed by atoms with Gasteiger partial charge in [-0.1, -0.05) is 0 Å². The van der Waals surface area contributed by atoms with Crippen molar-refractivity contribution < 1.29 is 9.59 Å². The van der Waals surface area contributed by atoms with E-state index in [0.29, 0.717) is 17.2 Å². The summed E-state index contributed by atoms with van der Waals surface area (Å²) < 4.78 is 0. The maximum atomic E-state index is 12.3. The molecule has 0 N–H and O–H groups in total. The van der Waals surface area contributed by atoms with Crippen molar-refractivity contribution >= 4 is 23.6 Å². The third-order valence-corrected chi connectivity index (χ3v) is 3.71. The zero-order chi connectivity index (χ0) is 13.1. The minimum atomic E-state index is -0.384. The summed E-state index contributed by atoms with van der Waals surface area (Å²) in [6, 6.07) is 1.22. The Morgan fingerprint density at radius 1 is 1.44 bits per heavy atom. The first-order chi connectivity index (χ1) is 8.61. The van der Waals surface area contributed by atoms with Gasteiger partial charge >= 0.3 is 0 Å². The molecule has 0 saturated carbocycles. The van der Waals surface area contributed by atoms with Gasteiger partial charge in [-0.15, -0.1) is 11.8 Å². The fourth-order valence-electron chi connectivity index (χ4n) is 1.73. The van der Waals surface area contributed by atoms with Crippen LogP contribution in [0.2, 0.25) is 0 Å². The highest BCUT2D eigenvalue weighted by molar-refractivity contribution is 7.99. The van der Waals surface area contributed by atoms with Crippen LogP contribution in [0.25, 0.3) is 0 Å². The van der Waals surface area contributed by atoms with Crippen LogP contribution in [0.15, 0.2) is 18.5 Å². The Balaban J connectivity index is 2.17. The summed E-state index contributed by atoms with van der Waals surface area (Å²) in [7, 11) is 3.39. The van der Waals surface area contributed by atoms with Gasteiger partial charge in [0.15, 0.2) is 0 Å². The van der Waals surface area contributed by atoms with Crippen molar-refractivity contribution in [2.75, 3.05) is 25.7 Å². The Hall–Kier alpha value is -1.63. The first kappa shape index (κ1) is 12.8. The summed E-state index contributed by atoms with van der Waals surface area (Å²) in [5.74, 6) is 0.956. The van der Waals surface area contributed by atoms with Crippen molar-refractivity contribution in [2.24, 2.45) is 0 Å². The molecule has 1 aromatic rings. The van der Waals surface area contributed by atoms with Gasteiger partial charge < -0.3 is 9.80 Å². The molecule has 2 rings (SSSR count). The number of aromatic nitrogens is 2. The quantitative estimate of drug-likeness (QED) is 0.758. The van der Waals surface area contributed by atoms with E-state index in [1.807, 2.05) is 0 Å². The predicted octanol–water partition coefficient (Wildman–Crippen LogP) is 0.0799. The summed E-state index contributed by atoms with van der Waals surface area (Å²) >= 11 is 1.58. The van der Waals surface area contributed by atoms with Gasteiger partial charge in [0.25, 0.3) is 5.91 Å². The minimum Gasteiger partial charge on any atom is -0.347 e. The number of amides is 2. The lowest BCUT2D eigenvalue weighted by molar-refractivity contribution is -0.132. The molecule has 1 unspecified atom stereocenters. The molecular formula is C11H14N4O2S. The molecule has 1 aromatic heterocycles. The molecule has 2 amide bonds. The maximum Gasteiger partial charge on any atom is 0.256 e. The van der Waals surface area contributed by atoms with E-state index in [1.54, 1.807) is 36.8 Å². The number of nitrogens with zero attached hydrogens (tertiary/aromatic N) is 4. The predicted molar refractivity (Wildman–Crippen MR) is 68.0 cm³/mol. The first-order valence-electron chi connectivity index (χ1n) is 5.48. The van der Waals surface area contributed by atoms with E-state index in [-0.39, 0.29) is 17.9 Å². The highest BCUT2D eigenvalue weighted by Gasteiger charge is 2.35. The molecule has 7 heteroatoms. The lowest BCUT2D eigenvalue weighted by Gasteiger charge is -2.25. The average molecular weight is 266 g/mol. The molecule has 96 valence electrons. The molecule has 0 bridgehead atoms. The van der Waals surface area contributed by atoms with E-state index in [9.17, 15) is 9.59 Å². The van der Waals surface area contributed by atoms with Crippen molar-refractivity contribution in [3.8, 4) is 0 Å². The highest BCUT2D eigenvalue weighted by atomic mass is 32.2. The Kier molecular flexibility index (Phi) is 3.81. The number of rotatable bonds is 2. The standard InChI is InChI=1S/C11H14N4O2S/c1-14(2)11(17)9-6-18-7-15(9)10(16)8-3-4-12-13-5-8/h3-5,9H,6-7H2,1-2H3. The van der Waals surface area contributed by atoms with Crippen LogP contribution in [0, 0.1) is 0 Å². The van der Waals surface area contributed by atoms with E-state index in [1.165, 1.54) is 17.3 Å². The Morgan fingerprint density at radius 2 is 2.22 bits per heavy atom. The van der Waals surface area contributed by atoms with Crippen LogP contribution in [-0.4, -0.2) is 63.6 Å². The average Bonchev–Trinajstić information content (AvgIpc) is 2.87. The number of likely N-dealkylation sites (N-methyl/N-ethyl adjacent to an activating group) is 1. The largest absolute Gasteiger partial charge is 0.347 e. The van der Waals surface area contributed by atoms with Crippen molar-refractivity contribution in [3.05, 3.63) is 24.0 Å². The number of hydrogen-bond donors (Lipinski definition) is 0. The molecule has 1 fully saturated rings. The molecule has 1 aliphatic rings. The highest BCUT2D eigenvalue weighted by Crippen LogP contribution is 2.23. The van der Waals surface area contributed by atoms with Gasteiger partial charge in [0, 0.05) is 19.8 Å². The first-order valence-corrected chi connectivity index (χ1v) is 6.63. The summed E-state index contributed by atoms with van der Waals surface area (Å²) in [5.41, 5.74) is 0.462. The Bertz CT molecular complexity index is 452. The number of thioether (sulfide) groups is 1. The second-order valence-corrected chi connectivity index (χ2v) is 5.15. The van der Waals surface area contributed by atoms with Crippen LogP contribution in [0.4, 0.5) is 0 Å². The molecule has 18 heavy (non-hydrogen) atoms. The van der Waals surface area contributed by atoms with Crippen LogP contribution >= 0.6 is 11.8 Å². The third kappa shape index (κ3) is 2.45. The fraction of sp³-hybridized carbons (Fsp3) is 0.455. The molecule has 6 nitrogen and oxygen atoms in total. The van der Waals surface area contributed by atoms with E-state index in [2.05, 4.69) is 10.2 Å². The van der Waals surface area contributed by atoms with Gasteiger partial charge in [-0.05, 0) is 6.07 Å². The number of carbonyl (C=O) groups excluding carboxylic acids is 2. The van der Waals surface area contributed by atoms with Crippen molar-refractivity contribution in [1.82, 2.24) is 20.0 Å². The van der Waals surface area contributed by atoms with Gasteiger partial charge in [-0.3, -0.25) is 9.59 Å². The van der Waals surface area contributed by atoms with Gasteiger partial charge in [0.05, 0.1) is 23.8 Å². The van der Waals surface area contributed by atoms with Crippen LogP contribution < -0.4 is 0 Å². The lowest BCUT2D eigenvalue weighted by Crippen LogP contribution is -2.46. The molecule has 1 saturated heterocycles. The molecule has 0 spiro atoms. The monoisotopic (exact) mass is 266 g/mol. The van der Waals surface area contributed by atoms with Crippen LogP contribution in [0.3, 0.4) is 0 Å². The smallest absolute Gasteiger partial charge is 0.256 e. The molecule has 1 atom stereocenters. The van der Waals surface area contributed by atoms with Crippen molar-refractivity contribution in [1.29, 1.82) is 0 Å². The zero-order valence-corrected chi connectivity index (χ0v) is 11.1. The molecule has 0 aromatic carbocycles. The second-order valence-electron chi connectivity index (χ2n) is 4.15. The van der Waals surface area contributed by atoms with Gasteiger partial charge in [-0.25, -0.2) is 0 Å². The van der Waals surface area contributed by atoms with Crippen molar-refractivity contribution in [3.63, 3.8) is 0 Å². The van der Waals surface area contributed by atoms with Crippen LogP contribution in [-0.2, 0) is 4.79 Å². The lowest BCUT2D eigenvalue weighted by atomic mass is 10.2. The molecule has 1 aliphatic heterocycles. The topological polar surface area (TPSA) is 66.4 Å². The minimum absolute atomic E-state index is 0.0460. The summed E-state index contributed by atoms with van der Waals surface area (Å²) in [6.07, 6.45) is 2.89. The molecule has 2 heterocycles. The maximum absolute atomic E-state index is 12.3. The third-order valence-electron chi connectivity index (χ3n) is 2.70. The Labute approximate surface area is 109 Å². The summed E-state index contributed by atoms with van der Waals surface area (Å²) in [6.45, 7) is 0. The molecule has 0 aliphatic carbocycles. The SMILES string of the molecule is CN(C)C(=O)C1CSCN1C(=O)c1ccnnc1. The van der Waals surface area contributed by atoms with Crippen LogP contribution in [0.5, 0.6) is 0 Å². The Morgan fingerprint density at radius 3 is 2.83 bits per heavy atom. The molecular weight excluding hydrogens is 252 g/mol. The van der Waals surface area contributed by atoms with Gasteiger partial charge in [0.2, 0.25) is 5.91 Å². The van der Waals surface area contributed by atoms with Gasteiger partial charge in [-0.2, -0.15) is 10.2 Å².